The number of piperazine rings is 1. The molecule has 1 N–H and O–H groups in total. The van der Waals surface area contributed by atoms with E-state index in [-0.39, 0.29) is 24.8 Å². The Morgan fingerprint density at radius 1 is 1.08 bits per heavy atom. The lowest BCUT2D eigenvalue weighted by Crippen LogP contribution is -2.47. The molecule has 2 aliphatic heterocycles. The summed E-state index contributed by atoms with van der Waals surface area (Å²) in [7, 11) is -3.14. The van der Waals surface area contributed by atoms with Crippen molar-refractivity contribution in [3.05, 3.63) is 29.8 Å². The zero-order chi connectivity index (χ0) is 16.3. The van der Waals surface area contributed by atoms with E-state index in [9.17, 15) is 8.42 Å². The SMILES string of the molecule is CS(=O)(=O)c1ccc([C@@H](C2CCOCC2)N2CCNCC2)cc1.Cl.Cl. The minimum atomic E-state index is -3.14. The molecule has 3 rings (SSSR count). The zero-order valence-electron chi connectivity index (χ0n) is 14.5. The first-order valence-electron chi connectivity index (χ1n) is 8.38. The minimum Gasteiger partial charge on any atom is -0.381 e. The van der Waals surface area contributed by atoms with E-state index in [0.717, 1.165) is 52.2 Å². The average Bonchev–Trinajstić information content (AvgIpc) is 2.57. The van der Waals surface area contributed by atoms with Gasteiger partial charge in [0, 0.05) is 51.7 Å². The molecule has 0 radical (unpaired) electrons. The van der Waals surface area contributed by atoms with Crippen molar-refractivity contribution < 1.29 is 13.2 Å². The molecular formula is C17H28Cl2N2O3S. The fourth-order valence-corrected chi connectivity index (χ4v) is 4.32. The fourth-order valence-electron chi connectivity index (χ4n) is 3.69. The summed E-state index contributed by atoms with van der Waals surface area (Å²) in [5.41, 5.74) is 1.23. The molecule has 0 spiro atoms. The average molecular weight is 411 g/mol. The summed E-state index contributed by atoms with van der Waals surface area (Å²) >= 11 is 0. The highest BCUT2D eigenvalue weighted by molar-refractivity contribution is 7.90. The Morgan fingerprint density at radius 2 is 1.64 bits per heavy atom. The van der Waals surface area contributed by atoms with Crippen LogP contribution in [0.3, 0.4) is 0 Å². The van der Waals surface area contributed by atoms with Gasteiger partial charge in [-0.1, -0.05) is 12.1 Å². The zero-order valence-corrected chi connectivity index (χ0v) is 17.0. The monoisotopic (exact) mass is 410 g/mol. The molecule has 1 atom stereocenters. The lowest BCUT2D eigenvalue weighted by molar-refractivity contribution is 0.0213. The molecule has 2 saturated heterocycles. The van der Waals surface area contributed by atoms with Crippen LogP contribution in [0.5, 0.6) is 0 Å². The molecule has 2 fully saturated rings. The summed E-state index contributed by atoms with van der Waals surface area (Å²) in [6, 6.07) is 7.85. The number of hydrogen-bond donors (Lipinski definition) is 1. The number of benzene rings is 1. The van der Waals surface area contributed by atoms with Crippen LogP contribution in [-0.4, -0.2) is 59.0 Å². The number of nitrogens with zero attached hydrogens (tertiary/aromatic N) is 1. The Balaban J connectivity index is 0.00000156. The molecule has 0 saturated carbocycles. The van der Waals surface area contributed by atoms with Crippen LogP contribution in [0.4, 0.5) is 0 Å². The van der Waals surface area contributed by atoms with Crippen LogP contribution in [0.25, 0.3) is 0 Å². The standard InChI is InChI=1S/C17H26N2O3S.2ClH/c1-23(20,21)16-4-2-14(3-5-16)17(15-6-12-22-13-7-15)19-10-8-18-9-11-19;;/h2-5,15,17-18H,6-13H2,1H3;2*1H/t17-;;/m0../s1. The predicted molar refractivity (Wildman–Crippen MR) is 105 cm³/mol. The van der Waals surface area contributed by atoms with Crippen LogP contribution >= 0.6 is 24.8 Å². The summed E-state index contributed by atoms with van der Waals surface area (Å²) in [5, 5.41) is 3.41. The lowest BCUT2D eigenvalue weighted by atomic mass is 9.85. The Labute approximate surface area is 163 Å². The van der Waals surface area contributed by atoms with Crippen molar-refractivity contribution >= 4 is 34.7 Å². The van der Waals surface area contributed by atoms with Gasteiger partial charge < -0.3 is 10.1 Å². The second-order valence-electron chi connectivity index (χ2n) is 6.52. The van der Waals surface area contributed by atoms with E-state index >= 15 is 0 Å². The molecular weight excluding hydrogens is 383 g/mol. The first-order chi connectivity index (χ1) is 11.1. The van der Waals surface area contributed by atoms with Crippen LogP contribution in [0.2, 0.25) is 0 Å². The van der Waals surface area contributed by atoms with Gasteiger partial charge in [0.05, 0.1) is 4.90 Å². The molecule has 0 aliphatic carbocycles. The van der Waals surface area contributed by atoms with Crippen LogP contribution in [0.1, 0.15) is 24.4 Å². The van der Waals surface area contributed by atoms with Crippen molar-refractivity contribution in [1.82, 2.24) is 10.2 Å². The summed E-state index contributed by atoms with van der Waals surface area (Å²) in [4.78, 5) is 2.94. The largest absolute Gasteiger partial charge is 0.381 e. The predicted octanol–water partition coefficient (Wildman–Crippen LogP) is 2.31. The summed E-state index contributed by atoms with van der Waals surface area (Å²) < 4.78 is 28.9. The quantitative estimate of drug-likeness (QED) is 0.824. The third kappa shape index (κ3) is 5.81. The minimum absolute atomic E-state index is 0. The Kier molecular flexibility index (Phi) is 9.15. The molecule has 25 heavy (non-hydrogen) atoms. The van der Waals surface area contributed by atoms with Gasteiger partial charge in [-0.2, -0.15) is 0 Å². The molecule has 0 unspecified atom stereocenters. The number of sulfone groups is 1. The molecule has 0 amide bonds. The number of nitrogens with one attached hydrogen (secondary N) is 1. The van der Waals surface area contributed by atoms with Gasteiger partial charge in [-0.3, -0.25) is 4.90 Å². The van der Waals surface area contributed by atoms with Gasteiger partial charge in [0.25, 0.3) is 0 Å². The normalized spacial score (nSPS) is 21.0. The van der Waals surface area contributed by atoms with E-state index in [4.69, 9.17) is 4.74 Å². The summed E-state index contributed by atoms with van der Waals surface area (Å²) in [6.07, 6.45) is 3.40. The Hall–Kier alpha value is -0.370. The van der Waals surface area contributed by atoms with Crippen molar-refractivity contribution in [3.8, 4) is 0 Å². The Bertz CT molecular complexity index is 595. The van der Waals surface area contributed by atoms with Crippen LogP contribution in [0.15, 0.2) is 29.2 Å². The third-order valence-corrected chi connectivity index (χ3v) is 6.04. The third-order valence-electron chi connectivity index (χ3n) is 4.91. The molecule has 0 aromatic heterocycles. The number of rotatable bonds is 4. The van der Waals surface area contributed by atoms with Gasteiger partial charge in [-0.25, -0.2) is 8.42 Å². The van der Waals surface area contributed by atoms with Crippen LogP contribution in [0, 0.1) is 5.92 Å². The van der Waals surface area contributed by atoms with Gasteiger partial charge in [-0.05, 0) is 36.5 Å². The van der Waals surface area contributed by atoms with E-state index in [1.54, 1.807) is 12.1 Å². The molecule has 2 aliphatic rings. The van der Waals surface area contributed by atoms with E-state index < -0.39 is 9.84 Å². The summed E-state index contributed by atoms with van der Waals surface area (Å²) in [5.74, 6) is 0.575. The van der Waals surface area contributed by atoms with Gasteiger partial charge >= 0.3 is 0 Å². The second-order valence-corrected chi connectivity index (χ2v) is 8.54. The summed E-state index contributed by atoms with van der Waals surface area (Å²) in [6.45, 7) is 5.76. The van der Waals surface area contributed by atoms with Crippen LogP contribution in [-0.2, 0) is 14.6 Å². The van der Waals surface area contributed by atoms with Gasteiger partial charge in [0.15, 0.2) is 9.84 Å². The van der Waals surface area contributed by atoms with Crippen molar-refractivity contribution in [2.45, 2.75) is 23.8 Å². The first kappa shape index (κ1) is 22.7. The first-order valence-corrected chi connectivity index (χ1v) is 10.3. The topological polar surface area (TPSA) is 58.6 Å². The molecule has 2 heterocycles. The highest BCUT2D eigenvalue weighted by Gasteiger charge is 2.31. The van der Waals surface area contributed by atoms with E-state index in [2.05, 4.69) is 10.2 Å². The molecule has 144 valence electrons. The highest BCUT2D eigenvalue weighted by Crippen LogP contribution is 2.35. The van der Waals surface area contributed by atoms with Crippen LogP contribution < -0.4 is 5.32 Å². The fraction of sp³-hybridized carbons (Fsp3) is 0.647. The number of hydrogen-bond acceptors (Lipinski definition) is 5. The van der Waals surface area contributed by atoms with Gasteiger partial charge in [-0.15, -0.1) is 24.8 Å². The van der Waals surface area contributed by atoms with E-state index in [1.165, 1.54) is 11.8 Å². The number of halogens is 2. The van der Waals surface area contributed by atoms with Crippen molar-refractivity contribution in [2.24, 2.45) is 5.92 Å². The maximum Gasteiger partial charge on any atom is 0.175 e. The molecule has 1 aromatic carbocycles. The van der Waals surface area contributed by atoms with Crippen molar-refractivity contribution in [2.75, 3.05) is 45.6 Å². The Morgan fingerprint density at radius 3 is 2.16 bits per heavy atom. The van der Waals surface area contributed by atoms with Gasteiger partial charge in [0.2, 0.25) is 0 Å². The lowest BCUT2D eigenvalue weighted by Gasteiger charge is -2.41. The smallest absolute Gasteiger partial charge is 0.175 e. The molecule has 5 nitrogen and oxygen atoms in total. The highest BCUT2D eigenvalue weighted by atomic mass is 35.5. The maximum absolute atomic E-state index is 11.7. The molecule has 1 aromatic rings. The number of ether oxygens (including phenoxy) is 1. The second kappa shape index (κ2) is 10.1. The maximum atomic E-state index is 11.7. The van der Waals surface area contributed by atoms with Crippen molar-refractivity contribution in [3.63, 3.8) is 0 Å². The van der Waals surface area contributed by atoms with E-state index in [1.807, 2.05) is 12.1 Å². The van der Waals surface area contributed by atoms with Gasteiger partial charge in [0.1, 0.15) is 0 Å². The molecule has 8 heteroatoms. The molecule has 0 bridgehead atoms. The van der Waals surface area contributed by atoms with Crippen molar-refractivity contribution in [1.29, 1.82) is 0 Å². The van der Waals surface area contributed by atoms with E-state index in [0.29, 0.717) is 16.9 Å².